The van der Waals surface area contributed by atoms with Crippen molar-refractivity contribution in [3.05, 3.63) is 35.4 Å². The molecule has 0 aromatic heterocycles. The van der Waals surface area contributed by atoms with Crippen LogP contribution in [0.1, 0.15) is 18.1 Å². The zero-order valence-electron chi connectivity index (χ0n) is 10.6. The first-order chi connectivity index (χ1) is 7.54. The van der Waals surface area contributed by atoms with E-state index < -0.39 is 0 Å². The summed E-state index contributed by atoms with van der Waals surface area (Å²) in [6.07, 6.45) is 0. The van der Waals surface area contributed by atoms with Crippen LogP contribution in [0.2, 0.25) is 0 Å². The minimum absolute atomic E-state index is 0. The zero-order chi connectivity index (χ0) is 12.1. The lowest BCUT2D eigenvalue weighted by molar-refractivity contribution is -0.133. The molecule has 1 rings (SSSR count). The van der Waals surface area contributed by atoms with Gasteiger partial charge in [-0.3, -0.25) is 4.79 Å². The van der Waals surface area contributed by atoms with Crippen molar-refractivity contribution in [3.8, 4) is 0 Å². The highest BCUT2D eigenvalue weighted by Gasteiger charge is 2.15. The Morgan fingerprint density at radius 1 is 1.47 bits per heavy atom. The van der Waals surface area contributed by atoms with Crippen LogP contribution < -0.4 is 5.73 Å². The summed E-state index contributed by atoms with van der Waals surface area (Å²) in [4.78, 5) is 13.5. The highest BCUT2D eigenvalue weighted by atomic mass is 35.5. The molecule has 1 aromatic rings. The number of nitrogens with zero attached hydrogens (tertiary/aromatic N) is 1. The van der Waals surface area contributed by atoms with Crippen LogP contribution in [-0.2, 0) is 11.3 Å². The first-order valence-corrected chi connectivity index (χ1v) is 5.55. The van der Waals surface area contributed by atoms with Crippen LogP contribution in [0.15, 0.2) is 24.3 Å². The Bertz CT molecular complexity index is 368. The highest BCUT2D eigenvalue weighted by Crippen LogP contribution is 2.08. The number of hydrogen-bond acceptors (Lipinski definition) is 2. The molecule has 0 spiro atoms. The SMILES string of the molecule is Cc1cccc(CN(C)C(=O)C(C)CN)c1.Cl. The molecule has 0 bridgehead atoms. The quantitative estimate of drug-likeness (QED) is 0.895. The van der Waals surface area contributed by atoms with E-state index >= 15 is 0 Å². The Kier molecular flexibility index (Phi) is 6.85. The Hall–Kier alpha value is -1.06. The lowest BCUT2D eigenvalue weighted by Gasteiger charge is -2.20. The van der Waals surface area contributed by atoms with Gasteiger partial charge in [-0.1, -0.05) is 36.8 Å². The van der Waals surface area contributed by atoms with Gasteiger partial charge in [0.1, 0.15) is 0 Å². The van der Waals surface area contributed by atoms with Gasteiger partial charge in [0.2, 0.25) is 5.91 Å². The van der Waals surface area contributed by atoms with Gasteiger partial charge >= 0.3 is 0 Å². The largest absolute Gasteiger partial charge is 0.341 e. The van der Waals surface area contributed by atoms with Crippen molar-refractivity contribution in [2.24, 2.45) is 11.7 Å². The van der Waals surface area contributed by atoms with Gasteiger partial charge in [-0.05, 0) is 12.5 Å². The van der Waals surface area contributed by atoms with Gasteiger partial charge in [-0.15, -0.1) is 12.4 Å². The predicted molar refractivity (Wildman–Crippen MR) is 73.1 cm³/mol. The van der Waals surface area contributed by atoms with Crippen LogP contribution in [0.5, 0.6) is 0 Å². The van der Waals surface area contributed by atoms with Crippen molar-refractivity contribution < 1.29 is 4.79 Å². The highest BCUT2D eigenvalue weighted by molar-refractivity contribution is 5.85. The second-order valence-electron chi connectivity index (χ2n) is 4.32. The van der Waals surface area contributed by atoms with Crippen LogP contribution in [-0.4, -0.2) is 24.4 Å². The van der Waals surface area contributed by atoms with E-state index in [1.54, 1.807) is 4.90 Å². The molecule has 1 amide bonds. The molecule has 0 aliphatic carbocycles. The second kappa shape index (κ2) is 7.30. The normalized spacial score (nSPS) is 11.5. The fourth-order valence-electron chi connectivity index (χ4n) is 1.64. The molecule has 0 saturated heterocycles. The number of nitrogens with two attached hydrogens (primary N) is 1. The van der Waals surface area contributed by atoms with E-state index in [0.29, 0.717) is 13.1 Å². The van der Waals surface area contributed by atoms with Crippen molar-refractivity contribution in [1.29, 1.82) is 0 Å². The maximum atomic E-state index is 11.8. The second-order valence-corrected chi connectivity index (χ2v) is 4.32. The molecule has 0 fully saturated rings. The number of hydrogen-bond donors (Lipinski definition) is 1. The van der Waals surface area contributed by atoms with Crippen LogP contribution in [0.4, 0.5) is 0 Å². The number of aryl methyl sites for hydroxylation is 1. The monoisotopic (exact) mass is 256 g/mol. The molecule has 2 N–H and O–H groups in total. The summed E-state index contributed by atoms with van der Waals surface area (Å²) in [5.74, 6) is -0.00110. The van der Waals surface area contributed by atoms with E-state index in [-0.39, 0.29) is 24.2 Å². The van der Waals surface area contributed by atoms with E-state index in [9.17, 15) is 4.79 Å². The molecule has 0 aliphatic rings. The molecule has 96 valence electrons. The maximum absolute atomic E-state index is 11.8. The Balaban J connectivity index is 0.00000256. The molecular formula is C13H21ClN2O. The molecule has 0 radical (unpaired) electrons. The number of carbonyl (C=O) groups is 1. The first kappa shape index (κ1) is 15.9. The van der Waals surface area contributed by atoms with Crippen molar-refractivity contribution in [3.63, 3.8) is 0 Å². The number of rotatable bonds is 4. The molecule has 1 atom stereocenters. The van der Waals surface area contributed by atoms with Gasteiger partial charge in [0.15, 0.2) is 0 Å². The van der Waals surface area contributed by atoms with Crippen molar-refractivity contribution in [2.45, 2.75) is 20.4 Å². The fraction of sp³-hybridized carbons (Fsp3) is 0.462. The van der Waals surface area contributed by atoms with Gasteiger partial charge < -0.3 is 10.6 Å². The summed E-state index contributed by atoms with van der Waals surface area (Å²) in [7, 11) is 1.82. The van der Waals surface area contributed by atoms with Crippen LogP contribution in [0, 0.1) is 12.8 Å². The van der Waals surface area contributed by atoms with Crippen LogP contribution in [0.25, 0.3) is 0 Å². The van der Waals surface area contributed by atoms with Crippen LogP contribution >= 0.6 is 12.4 Å². The third-order valence-electron chi connectivity index (χ3n) is 2.65. The van der Waals surface area contributed by atoms with Gasteiger partial charge in [0.25, 0.3) is 0 Å². The summed E-state index contributed by atoms with van der Waals surface area (Å²) in [5, 5.41) is 0. The average Bonchev–Trinajstić information content (AvgIpc) is 2.27. The summed E-state index contributed by atoms with van der Waals surface area (Å²) < 4.78 is 0. The van der Waals surface area contributed by atoms with E-state index in [2.05, 4.69) is 6.07 Å². The number of carbonyl (C=O) groups excluding carboxylic acids is 1. The van der Waals surface area contributed by atoms with E-state index in [1.807, 2.05) is 39.1 Å². The first-order valence-electron chi connectivity index (χ1n) is 5.55. The molecule has 17 heavy (non-hydrogen) atoms. The lowest BCUT2D eigenvalue weighted by Crippen LogP contribution is -2.34. The van der Waals surface area contributed by atoms with E-state index in [4.69, 9.17) is 5.73 Å². The number of halogens is 1. The van der Waals surface area contributed by atoms with E-state index in [1.165, 1.54) is 5.56 Å². The fourth-order valence-corrected chi connectivity index (χ4v) is 1.64. The summed E-state index contributed by atoms with van der Waals surface area (Å²) >= 11 is 0. The molecule has 4 heteroatoms. The van der Waals surface area contributed by atoms with Crippen molar-refractivity contribution >= 4 is 18.3 Å². The van der Waals surface area contributed by atoms with Crippen LogP contribution in [0.3, 0.4) is 0 Å². The zero-order valence-corrected chi connectivity index (χ0v) is 11.5. The Morgan fingerprint density at radius 2 is 2.12 bits per heavy atom. The third kappa shape index (κ3) is 4.75. The molecule has 0 aliphatic heterocycles. The van der Waals surface area contributed by atoms with Gasteiger partial charge in [0, 0.05) is 26.1 Å². The molecule has 1 aromatic carbocycles. The molecule has 3 nitrogen and oxygen atoms in total. The molecule has 0 heterocycles. The minimum Gasteiger partial charge on any atom is -0.341 e. The topological polar surface area (TPSA) is 46.3 Å². The van der Waals surface area contributed by atoms with E-state index in [0.717, 1.165) is 5.56 Å². The van der Waals surface area contributed by atoms with Gasteiger partial charge in [-0.2, -0.15) is 0 Å². The molecule has 1 unspecified atom stereocenters. The summed E-state index contributed by atoms with van der Waals surface area (Å²) in [5.41, 5.74) is 7.85. The standard InChI is InChI=1S/C13H20N2O.ClH/c1-10-5-4-6-12(7-10)9-15(3)13(16)11(2)8-14;/h4-7,11H,8-9,14H2,1-3H3;1H. The Morgan fingerprint density at radius 3 is 2.65 bits per heavy atom. The number of amides is 1. The third-order valence-corrected chi connectivity index (χ3v) is 2.65. The summed E-state index contributed by atoms with van der Waals surface area (Å²) in [6.45, 7) is 4.95. The van der Waals surface area contributed by atoms with Gasteiger partial charge in [0.05, 0.1) is 0 Å². The number of benzene rings is 1. The molecular weight excluding hydrogens is 236 g/mol. The minimum atomic E-state index is -0.102. The average molecular weight is 257 g/mol. The van der Waals surface area contributed by atoms with Crippen molar-refractivity contribution in [2.75, 3.05) is 13.6 Å². The Labute approximate surface area is 109 Å². The smallest absolute Gasteiger partial charge is 0.226 e. The molecule has 0 saturated carbocycles. The maximum Gasteiger partial charge on any atom is 0.226 e. The van der Waals surface area contributed by atoms with Gasteiger partial charge in [-0.25, -0.2) is 0 Å². The van der Waals surface area contributed by atoms with Crippen molar-refractivity contribution in [1.82, 2.24) is 4.90 Å². The summed E-state index contributed by atoms with van der Waals surface area (Å²) in [6, 6.07) is 8.18. The predicted octanol–water partition coefficient (Wildman–Crippen LogP) is 1.97. The lowest BCUT2D eigenvalue weighted by atomic mass is 10.1.